The smallest absolute Gasteiger partial charge is 0.322 e. The third kappa shape index (κ3) is 4.70. The maximum Gasteiger partial charge on any atom is 0.322 e. The van der Waals surface area contributed by atoms with Crippen LogP contribution in [0, 0.1) is 5.41 Å². The van der Waals surface area contributed by atoms with Crippen LogP contribution in [0.3, 0.4) is 0 Å². The largest absolute Gasteiger partial charge is 0.497 e. The number of imide groups is 1. The number of hydrogen-bond acceptors (Lipinski definition) is 6. The SMILES string of the molecule is COc1ccc2c(c1)C(=O)N(C[C@@]1(c3ccc(C(=N)N4CCN(C5CCCCC5)CC4)cc3)NC(=O)NC1=O)C2. The van der Waals surface area contributed by atoms with Crippen molar-refractivity contribution in [3.63, 3.8) is 0 Å². The number of hydrogen-bond donors (Lipinski definition) is 3. The van der Waals surface area contributed by atoms with E-state index in [1.54, 1.807) is 36.3 Å². The Morgan fingerprint density at radius 1 is 1.00 bits per heavy atom. The molecule has 10 nitrogen and oxygen atoms in total. The summed E-state index contributed by atoms with van der Waals surface area (Å²) in [7, 11) is 1.55. The van der Waals surface area contributed by atoms with Gasteiger partial charge < -0.3 is 19.9 Å². The second-order valence-electron chi connectivity index (χ2n) is 11.2. The van der Waals surface area contributed by atoms with Gasteiger partial charge in [0, 0.05) is 49.9 Å². The molecule has 1 aliphatic carbocycles. The molecule has 40 heavy (non-hydrogen) atoms. The number of ether oxygens (including phenoxy) is 1. The number of methoxy groups -OCH3 is 1. The fraction of sp³-hybridized carbons (Fsp3) is 0.467. The minimum Gasteiger partial charge on any atom is -0.497 e. The monoisotopic (exact) mass is 544 g/mol. The molecular weight excluding hydrogens is 508 g/mol. The lowest BCUT2D eigenvalue weighted by atomic mass is 9.88. The van der Waals surface area contributed by atoms with Gasteiger partial charge in [0.1, 0.15) is 11.6 Å². The lowest BCUT2D eigenvalue weighted by Gasteiger charge is -2.41. The maximum atomic E-state index is 13.2. The number of nitrogens with zero attached hydrogens (tertiary/aromatic N) is 3. The molecule has 1 atom stereocenters. The van der Waals surface area contributed by atoms with Crippen LogP contribution >= 0.6 is 0 Å². The van der Waals surface area contributed by atoms with Crippen molar-refractivity contribution in [2.45, 2.75) is 50.2 Å². The molecule has 2 saturated heterocycles. The summed E-state index contributed by atoms with van der Waals surface area (Å²) in [6, 6.07) is 12.7. The quantitative estimate of drug-likeness (QED) is 0.292. The first kappa shape index (κ1) is 26.3. The van der Waals surface area contributed by atoms with Crippen molar-refractivity contribution in [1.29, 1.82) is 5.41 Å². The van der Waals surface area contributed by atoms with E-state index in [1.165, 1.54) is 32.1 Å². The molecule has 2 aromatic carbocycles. The molecule has 0 unspecified atom stereocenters. The molecule has 3 fully saturated rings. The van der Waals surface area contributed by atoms with E-state index >= 15 is 0 Å². The van der Waals surface area contributed by atoms with Crippen LogP contribution in [0.15, 0.2) is 42.5 Å². The van der Waals surface area contributed by atoms with Crippen LogP contribution in [-0.4, -0.2) is 84.3 Å². The highest BCUT2D eigenvalue weighted by Gasteiger charge is 2.50. The second-order valence-corrected chi connectivity index (χ2v) is 11.2. The number of fused-ring (bicyclic) bond motifs is 1. The predicted octanol–water partition coefficient (Wildman–Crippen LogP) is 2.66. The van der Waals surface area contributed by atoms with Gasteiger partial charge in [0.15, 0.2) is 5.54 Å². The minimum atomic E-state index is -1.43. The number of carbonyl (C=O) groups is 3. The average Bonchev–Trinajstić information content (AvgIpc) is 3.46. The van der Waals surface area contributed by atoms with E-state index in [1.807, 2.05) is 18.2 Å². The van der Waals surface area contributed by atoms with Crippen LogP contribution in [-0.2, 0) is 16.9 Å². The van der Waals surface area contributed by atoms with Crippen molar-refractivity contribution in [3.8, 4) is 5.75 Å². The van der Waals surface area contributed by atoms with E-state index in [9.17, 15) is 14.4 Å². The van der Waals surface area contributed by atoms with Gasteiger partial charge in [0.2, 0.25) is 0 Å². The number of benzene rings is 2. The van der Waals surface area contributed by atoms with Crippen molar-refractivity contribution < 1.29 is 19.1 Å². The van der Waals surface area contributed by atoms with Crippen LogP contribution in [0.4, 0.5) is 4.79 Å². The van der Waals surface area contributed by atoms with Gasteiger partial charge in [0.25, 0.3) is 11.8 Å². The number of piperazine rings is 1. The first-order valence-corrected chi connectivity index (χ1v) is 14.2. The highest BCUT2D eigenvalue weighted by molar-refractivity contribution is 6.08. The topological polar surface area (TPSA) is 118 Å². The summed E-state index contributed by atoms with van der Waals surface area (Å²) in [5, 5.41) is 14.0. The van der Waals surface area contributed by atoms with Gasteiger partial charge in [-0.15, -0.1) is 0 Å². The molecule has 3 aliphatic heterocycles. The summed E-state index contributed by atoms with van der Waals surface area (Å²) in [5.41, 5.74) is 1.28. The number of carbonyl (C=O) groups excluding carboxylic acids is 3. The zero-order valence-electron chi connectivity index (χ0n) is 22.9. The normalized spacial score (nSPS) is 23.7. The van der Waals surface area contributed by atoms with Gasteiger partial charge >= 0.3 is 6.03 Å². The Morgan fingerprint density at radius 2 is 1.73 bits per heavy atom. The van der Waals surface area contributed by atoms with E-state index in [2.05, 4.69) is 20.4 Å². The van der Waals surface area contributed by atoms with Gasteiger partial charge in [-0.1, -0.05) is 49.6 Å². The van der Waals surface area contributed by atoms with Crippen LogP contribution in [0.25, 0.3) is 0 Å². The van der Waals surface area contributed by atoms with Gasteiger partial charge in [-0.2, -0.15) is 0 Å². The van der Waals surface area contributed by atoms with E-state index in [0.717, 1.165) is 37.3 Å². The number of amides is 4. The third-order valence-electron chi connectivity index (χ3n) is 8.94. The van der Waals surface area contributed by atoms with Crippen molar-refractivity contribution in [1.82, 2.24) is 25.3 Å². The number of rotatable bonds is 6. The molecule has 0 spiro atoms. The minimum absolute atomic E-state index is 0.0136. The molecule has 210 valence electrons. The Kier molecular flexibility index (Phi) is 6.95. The van der Waals surface area contributed by atoms with Crippen molar-refractivity contribution in [2.24, 2.45) is 0 Å². The van der Waals surface area contributed by atoms with E-state index < -0.39 is 17.5 Å². The highest BCUT2D eigenvalue weighted by atomic mass is 16.5. The molecule has 4 aliphatic rings. The molecule has 3 heterocycles. The fourth-order valence-electron chi connectivity index (χ4n) is 6.63. The zero-order valence-corrected chi connectivity index (χ0v) is 22.9. The first-order chi connectivity index (χ1) is 19.4. The third-order valence-corrected chi connectivity index (χ3v) is 8.94. The van der Waals surface area contributed by atoms with Gasteiger partial charge in [0.05, 0.1) is 13.7 Å². The van der Waals surface area contributed by atoms with Crippen molar-refractivity contribution in [2.75, 3.05) is 39.8 Å². The summed E-state index contributed by atoms with van der Waals surface area (Å²) in [5.74, 6) is 0.334. The molecule has 0 radical (unpaired) electrons. The molecule has 6 rings (SSSR count). The fourth-order valence-corrected chi connectivity index (χ4v) is 6.63. The number of urea groups is 1. The summed E-state index contributed by atoms with van der Waals surface area (Å²) >= 11 is 0. The van der Waals surface area contributed by atoms with Crippen molar-refractivity contribution in [3.05, 3.63) is 64.7 Å². The van der Waals surface area contributed by atoms with Crippen LogP contribution < -0.4 is 15.4 Å². The standard InChI is InChI=1S/C30H36N6O4/c1-40-24-12-9-21-18-36(27(37)25(21)17-24)19-30(28(38)32-29(39)33-30)22-10-7-20(8-11-22)26(31)35-15-13-34(14-16-35)23-5-3-2-4-6-23/h7-12,17,23,31H,2-6,13-16,18-19H2,1H3,(H2,32,33,38,39)/t30-/m0/s1. The molecule has 0 aromatic heterocycles. The molecule has 2 aromatic rings. The maximum absolute atomic E-state index is 13.2. The molecule has 3 N–H and O–H groups in total. The Hall–Kier alpha value is -3.92. The first-order valence-electron chi connectivity index (χ1n) is 14.2. The van der Waals surface area contributed by atoms with E-state index in [4.69, 9.17) is 10.1 Å². The Morgan fingerprint density at radius 3 is 2.38 bits per heavy atom. The van der Waals surface area contributed by atoms with E-state index in [0.29, 0.717) is 35.3 Å². The molecule has 1 saturated carbocycles. The molecule has 4 amide bonds. The molecule has 10 heteroatoms. The Labute approximate surface area is 234 Å². The zero-order chi connectivity index (χ0) is 27.9. The second kappa shape index (κ2) is 10.6. The summed E-state index contributed by atoms with van der Waals surface area (Å²) in [4.78, 5) is 45.0. The van der Waals surface area contributed by atoms with Crippen LogP contribution in [0.2, 0.25) is 0 Å². The van der Waals surface area contributed by atoms with E-state index in [-0.39, 0.29) is 12.5 Å². The summed E-state index contributed by atoms with van der Waals surface area (Å²) in [6.07, 6.45) is 6.56. The van der Waals surface area contributed by atoms with Gasteiger partial charge in [-0.3, -0.25) is 25.2 Å². The van der Waals surface area contributed by atoms with Crippen LogP contribution in [0.1, 0.15) is 59.2 Å². The summed E-state index contributed by atoms with van der Waals surface area (Å²) < 4.78 is 5.27. The predicted molar refractivity (Wildman–Crippen MR) is 149 cm³/mol. The Balaban J connectivity index is 1.17. The molecule has 0 bridgehead atoms. The number of amidine groups is 1. The average molecular weight is 545 g/mol. The van der Waals surface area contributed by atoms with Gasteiger partial charge in [-0.25, -0.2) is 4.79 Å². The summed E-state index contributed by atoms with van der Waals surface area (Å²) in [6.45, 7) is 3.90. The lowest BCUT2D eigenvalue weighted by molar-refractivity contribution is -0.124. The van der Waals surface area contributed by atoms with Crippen LogP contribution in [0.5, 0.6) is 5.75 Å². The molecular formula is C30H36N6O4. The Bertz CT molecular complexity index is 1330. The lowest BCUT2D eigenvalue weighted by Crippen LogP contribution is -2.53. The number of nitrogens with one attached hydrogen (secondary N) is 3. The highest BCUT2D eigenvalue weighted by Crippen LogP contribution is 2.33. The van der Waals surface area contributed by atoms with Gasteiger partial charge in [-0.05, 0) is 36.1 Å². The van der Waals surface area contributed by atoms with Crippen molar-refractivity contribution >= 4 is 23.7 Å².